The van der Waals surface area contributed by atoms with Crippen molar-refractivity contribution in [1.82, 2.24) is 10.2 Å². The molecule has 0 unspecified atom stereocenters. The number of piperidine rings is 1. The molecule has 1 heterocycles. The lowest BCUT2D eigenvalue weighted by atomic mass is 9.97. The molecule has 0 bridgehead atoms. The van der Waals surface area contributed by atoms with Crippen molar-refractivity contribution in [2.24, 2.45) is 5.92 Å². The van der Waals surface area contributed by atoms with Gasteiger partial charge in [-0.05, 0) is 44.4 Å². The van der Waals surface area contributed by atoms with Gasteiger partial charge in [-0.25, -0.2) is 4.39 Å². The summed E-state index contributed by atoms with van der Waals surface area (Å²) in [7, 11) is 1.94. The van der Waals surface area contributed by atoms with Crippen LogP contribution < -0.4 is 5.32 Å². The van der Waals surface area contributed by atoms with Crippen molar-refractivity contribution in [2.45, 2.75) is 38.6 Å². The quantitative estimate of drug-likeness (QED) is 0.905. The van der Waals surface area contributed by atoms with E-state index < -0.39 is 0 Å². The fourth-order valence-corrected chi connectivity index (χ4v) is 2.92. The second-order valence-electron chi connectivity index (χ2n) is 5.94. The maximum atomic E-state index is 13.6. The fraction of sp³-hybridized carbons (Fsp3) is 0.588. The molecule has 1 fully saturated rings. The molecule has 4 heteroatoms. The Balaban J connectivity index is 1.86. The molecule has 0 radical (unpaired) electrons. The normalized spacial score (nSPS) is 20.3. The summed E-state index contributed by atoms with van der Waals surface area (Å²) in [5.41, 5.74) is 0.698. The number of rotatable bonds is 5. The van der Waals surface area contributed by atoms with Crippen molar-refractivity contribution in [3.63, 3.8) is 0 Å². The topological polar surface area (TPSA) is 32.3 Å². The van der Waals surface area contributed by atoms with Gasteiger partial charge in [0.1, 0.15) is 5.82 Å². The summed E-state index contributed by atoms with van der Waals surface area (Å²) in [6.45, 7) is 3.59. The molecular weight excluding hydrogens is 267 g/mol. The Labute approximate surface area is 126 Å². The smallest absolute Gasteiger partial charge is 0.225 e. The van der Waals surface area contributed by atoms with Crippen LogP contribution in [0.3, 0.4) is 0 Å². The van der Waals surface area contributed by atoms with Gasteiger partial charge in [-0.1, -0.05) is 25.1 Å². The highest BCUT2D eigenvalue weighted by Gasteiger charge is 2.25. The second-order valence-corrected chi connectivity index (χ2v) is 5.94. The lowest BCUT2D eigenvalue weighted by Crippen LogP contribution is -2.48. The minimum absolute atomic E-state index is 0.0554. The van der Waals surface area contributed by atoms with E-state index in [0.29, 0.717) is 24.4 Å². The molecule has 0 saturated carbocycles. The van der Waals surface area contributed by atoms with Crippen LogP contribution in [-0.2, 0) is 11.2 Å². The molecule has 21 heavy (non-hydrogen) atoms. The maximum Gasteiger partial charge on any atom is 0.225 e. The van der Waals surface area contributed by atoms with Crippen LogP contribution >= 0.6 is 0 Å². The summed E-state index contributed by atoms with van der Waals surface area (Å²) in [6.07, 6.45) is 3.49. The fourth-order valence-electron chi connectivity index (χ4n) is 2.92. The van der Waals surface area contributed by atoms with Gasteiger partial charge in [-0.2, -0.15) is 0 Å². The number of aryl methyl sites for hydroxylation is 1. The van der Waals surface area contributed by atoms with E-state index in [-0.39, 0.29) is 17.6 Å². The molecule has 3 nitrogen and oxygen atoms in total. The highest BCUT2D eigenvalue weighted by atomic mass is 19.1. The van der Waals surface area contributed by atoms with E-state index in [1.165, 1.54) is 6.07 Å². The number of nitrogens with zero attached hydrogens (tertiary/aromatic N) is 1. The molecule has 1 saturated heterocycles. The van der Waals surface area contributed by atoms with Crippen LogP contribution in [0.15, 0.2) is 24.3 Å². The Kier molecular flexibility index (Phi) is 5.74. The molecule has 2 atom stereocenters. The zero-order valence-corrected chi connectivity index (χ0v) is 12.9. The molecule has 0 aromatic heterocycles. The number of benzene rings is 1. The molecular formula is C17H25FN2O. The van der Waals surface area contributed by atoms with Gasteiger partial charge in [0.05, 0.1) is 0 Å². The lowest BCUT2D eigenvalue weighted by Gasteiger charge is -2.34. The summed E-state index contributed by atoms with van der Waals surface area (Å²) < 4.78 is 13.6. The summed E-state index contributed by atoms with van der Waals surface area (Å²) in [5.74, 6) is -0.0307. The third-order valence-electron chi connectivity index (χ3n) is 4.37. The largest absolute Gasteiger partial charge is 0.341 e. The Hall–Kier alpha value is -1.42. The monoisotopic (exact) mass is 292 g/mol. The first-order valence-corrected chi connectivity index (χ1v) is 7.81. The van der Waals surface area contributed by atoms with Crippen LogP contribution in [0, 0.1) is 11.7 Å². The van der Waals surface area contributed by atoms with Gasteiger partial charge in [-0.3, -0.25) is 4.79 Å². The van der Waals surface area contributed by atoms with Crippen LogP contribution in [0.5, 0.6) is 0 Å². The van der Waals surface area contributed by atoms with E-state index in [4.69, 9.17) is 0 Å². The third-order valence-corrected chi connectivity index (χ3v) is 4.37. The van der Waals surface area contributed by atoms with Crippen LogP contribution in [-0.4, -0.2) is 37.0 Å². The molecule has 1 N–H and O–H groups in total. The van der Waals surface area contributed by atoms with Crippen LogP contribution in [0.2, 0.25) is 0 Å². The van der Waals surface area contributed by atoms with Crippen molar-refractivity contribution >= 4 is 5.91 Å². The average molecular weight is 292 g/mol. The number of hydrogen-bond donors (Lipinski definition) is 1. The van der Waals surface area contributed by atoms with Crippen LogP contribution in [0.1, 0.15) is 31.7 Å². The minimum atomic E-state index is -0.176. The Morgan fingerprint density at radius 1 is 1.48 bits per heavy atom. The van der Waals surface area contributed by atoms with Gasteiger partial charge in [-0.15, -0.1) is 0 Å². The number of carbonyl (C=O) groups excluding carboxylic acids is 1. The second kappa shape index (κ2) is 7.55. The lowest BCUT2D eigenvalue weighted by molar-refractivity contribution is -0.136. The Bertz CT molecular complexity index is 478. The Morgan fingerprint density at radius 3 is 2.95 bits per heavy atom. The summed E-state index contributed by atoms with van der Waals surface area (Å²) in [5, 5.41) is 3.25. The molecule has 1 aromatic carbocycles. The maximum absolute atomic E-state index is 13.6. The van der Waals surface area contributed by atoms with Gasteiger partial charge < -0.3 is 10.2 Å². The number of hydrogen-bond acceptors (Lipinski definition) is 2. The summed E-state index contributed by atoms with van der Waals surface area (Å²) in [4.78, 5) is 14.4. The first-order valence-electron chi connectivity index (χ1n) is 7.81. The van der Waals surface area contributed by atoms with Crippen molar-refractivity contribution in [1.29, 1.82) is 0 Å². The van der Waals surface area contributed by atoms with E-state index >= 15 is 0 Å². The zero-order chi connectivity index (χ0) is 15.2. The first-order chi connectivity index (χ1) is 10.1. The average Bonchev–Trinajstić information content (AvgIpc) is 2.53. The van der Waals surface area contributed by atoms with E-state index in [9.17, 15) is 9.18 Å². The van der Waals surface area contributed by atoms with Crippen LogP contribution in [0.4, 0.5) is 4.39 Å². The SMILES string of the molecule is CN[C@H]1CCCN(C(=O)[C@@H](C)CCc2ccccc2F)C1. The van der Waals surface area contributed by atoms with Crippen molar-refractivity contribution in [2.75, 3.05) is 20.1 Å². The molecule has 2 rings (SSSR count). The van der Waals surface area contributed by atoms with Gasteiger partial charge in [0.2, 0.25) is 5.91 Å². The third kappa shape index (κ3) is 4.27. The molecule has 0 spiro atoms. The first kappa shape index (κ1) is 16.0. The summed E-state index contributed by atoms with van der Waals surface area (Å²) >= 11 is 0. The molecule has 1 aliphatic rings. The van der Waals surface area contributed by atoms with Crippen molar-refractivity contribution in [3.8, 4) is 0 Å². The summed E-state index contributed by atoms with van der Waals surface area (Å²) in [6, 6.07) is 7.21. The number of amides is 1. The zero-order valence-electron chi connectivity index (χ0n) is 12.9. The highest BCUT2D eigenvalue weighted by molar-refractivity contribution is 5.78. The van der Waals surface area contributed by atoms with Gasteiger partial charge in [0.15, 0.2) is 0 Å². The molecule has 0 aliphatic carbocycles. The van der Waals surface area contributed by atoms with Gasteiger partial charge >= 0.3 is 0 Å². The molecule has 1 aliphatic heterocycles. The standard InChI is InChI=1S/C17H25FN2O/c1-13(9-10-14-6-3-4-8-16(14)18)17(21)20-11-5-7-15(12-20)19-2/h3-4,6,8,13,15,19H,5,7,9-12H2,1-2H3/t13-,15-/m0/s1. The highest BCUT2D eigenvalue weighted by Crippen LogP contribution is 2.18. The Morgan fingerprint density at radius 2 is 2.24 bits per heavy atom. The van der Waals surface area contributed by atoms with Gasteiger partial charge in [0, 0.05) is 25.0 Å². The molecule has 1 aromatic rings. The number of carbonyl (C=O) groups is 1. The predicted molar refractivity (Wildman–Crippen MR) is 82.5 cm³/mol. The minimum Gasteiger partial charge on any atom is -0.341 e. The van der Waals surface area contributed by atoms with Gasteiger partial charge in [0.25, 0.3) is 0 Å². The number of likely N-dealkylation sites (tertiary alicyclic amines) is 1. The molecule has 116 valence electrons. The van der Waals surface area contributed by atoms with Crippen molar-refractivity contribution < 1.29 is 9.18 Å². The van der Waals surface area contributed by atoms with E-state index in [1.807, 2.05) is 24.9 Å². The predicted octanol–water partition coefficient (Wildman–Crippen LogP) is 2.60. The molecule has 1 amide bonds. The number of halogens is 1. The van der Waals surface area contributed by atoms with Crippen molar-refractivity contribution in [3.05, 3.63) is 35.6 Å². The van der Waals surface area contributed by atoms with E-state index in [2.05, 4.69) is 5.32 Å². The number of likely N-dealkylation sites (N-methyl/N-ethyl adjacent to an activating group) is 1. The number of nitrogens with one attached hydrogen (secondary N) is 1. The van der Waals surface area contributed by atoms with E-state index in [1.54, 1.807) is 12.1 Å². The van der Waals surface area contributed by atoms with Crippen LogP contribution in [0.25, 0.3) is 0 Å². The van der Waals surface area contributed by atoms with E-state index in [0.717, 1.165) is 25.9 Å².